The summed E-state index contributed by atoms with van der Waals surface area (Å²) < 4.78 is 77.6. The SMILES string of the molecule is CC(C)(C)OC(=O)NCC1OC(OC2C(CSCCOCCS)OC(OC3C(O)C(NC(=O)OC(C)(C)C)CC(NC(=O)OC(C)(C)C)C3OC3OC(CNC(=O)OC(C)(C)C)C(O)C(O)C3NC(=O)OC(C)(C)C)C2O)C(NC(=O)OC(C)(C)C)C(O)C1O. The zero-order valence-electron chi connectivity index (χ0n) is 54.9. The number of thiol groups is 1. The molecule has 6 amide bonds. The molecule has 19 atom stereocenters. The molecule has 0 spiro atoms. The van der Waals surface area contributed by atoms with Gasteiger partial charge in [0.05, 0.1) is 31.4 Å². The molecule has 3 aliphatic heterocycles. The quantitative estimate of drug-likeness (QED) is 0.0445. The molecule has 0 radical (unpaired) electrons. The van der Waals surface area contributed by atoms with Crippen LogP contribution in [0.5, 0.6) is 0 Å². The Bertz CT molecular complexity index is 2320. The summed E-state index contributed by atoms with van der Waals surface area (Å²) in [6, 6.07) is -6.29. The number of amides is 6. The molecule has 19 unspecified atom stereocenters. The average Bonchev–Trinajstić information content (AvgIpc) is 1.23. The lowest BCUT2D eigenvalue weighted by Gasteiger charge is -2.49. The number of hydrogen-bond donors (Lipinski definition) is 13. The van der Waals surface area contributed by atoms with Gasteiger partial charge in [0.25, 0.3) is 0 Å². The number of carbonyl (C=O) groups is 6. The molecule has 0 bridgehead atoms. The summed E-state index contributed by atoms with van der Waals surface area (Å²) in [6.07, 6.45) is -33.1. The predicted octanol–water partition coefficient (Wildman–Crippen LogP) is 2.19. The molecule has 4 rings (SSSR count). The summed E-state index contributed by atoms with van der Waals surface area (Å²) in [5.74, 6) is 0.785. The van der Waals surface area contributed by atoms with Crippen LogP contribution in [0.1, 0.15) is 131 Å². The minimum Gasteiger partial charge on any atom is -0.444 e. The van der Waals surface area contributed by atoms with Crippen LogP contribution < -0.4 is 31.9 Å². The second-order valence-electron chi connectivity index (χ2n) is 28.1. The highest BCUT2D eigenvalue weighted by molar-refractivity contribution is 7.99. The summed E-state index contributed by atoms with van der Waals surface area (Å²) in [6.45, 7) is 28.3. The van der Waals surface area contributed by atoms with Gasteiger partial charge in [0.2, 0.25) is 0 Å². The Balaban J connectivity index is 1.91. The van der Waals surface area contributed by atoms with Crippen molar-refractivity contribution >= 4 is 61.0 Å². The third-order valence-corrected chi connectivity index (χ3v) is 14.1. The minimum atomic E-state index is -1.98. The number of thioether (sulfide) groups is 1. The molecule has 4 aliphatic rings. The highest BCUT2D eigenvalue weighted by Crippen LogP contribution is 2.37. The molecule has 0 aromatic carbocycles. The van der Waals surface area contributed by atoms with E-state index < -0.39 is 206 Å². The van der Waals surface area contributed by atoms with Crippen LogP contribution in [-0.4, -0.2) is 261 Å². The molecule has 0 aromatic heterocycles. The van der Waals surface area contributed by atoms with E-state index in [1.165, 1.54) is 11.8 Å². The number of ether oxygens (including phenoxy) is 13. The first-order valence-corrected chi connectivity index (χ1v) is 31.7. The van der Waals surface area contributed by atoms with Crippen LogP contribution in [0, 0.1) is 0 Å². The number of alkyl carbamates (subject to hydrolysis) is 6. The van der Waals surface area contributed by atoms with Gasteiger partial charge in [-0.15, -0.1) is 0 Å². The highest BCUT2D eigenvalue weighted by Gasteiger charge is 2.57. The number of hydrogen-bond acceptors (Lipinski definition) is 27. The first-order valence-electron chi connectivity index (χ1n) is 29.9. The van der Waals surface area contributed by atoms with E-state index in [0.717, 1.165) is 0 Å². The van der Waals surface area contributed by atoms with Crippen molar-refractivity contribution in [3.63, 3.8) is 0 Å². The van der Waals surface area contributed by atoms with E-state index in [4.69, 9.17) is 61.6 Å². The molecule has 1 saturated carbocycles. The molecule has 90 heavy (non-hydrogen) atoms. The van der Waals surface area contributed by atoms with Crippen molar-refractivity contribution < 1.29 is 121 Å². The van der Waals surface area contributed by atoms with Gasteiger partial charge >= 0.3 is 36.6 Å². The number of nitrogens with one attached hydrogen (secondary N) is 6. The summed E-state index contributed by atoms with van der Waals surface area (Å²) in [5, 5.41) is 87.3. The van der Waals surface area contributed by atoms with Crippen LogP contribution in [0.3, 0.4) is 0 Å². The van der Waals surface area contributed by atoms with E-state index in [9.17, 15) is 59.4 Å². The van der Waals surface area contributed by atoms with Crippen LogP contribution >= 0.6 is 24.4 Å². The highest BCUT2D eigenvalue weighted by atomic mass is 32.2. The first-order chi connectivity index (χ1) is 41.2. The predicted molar refractivity (Wildman–Crippen MR) is 324 cm³/mol. The molecular weight excluding hydrogens is 1230 g/mol. The Morgan fingerprint density at radius 1 is 0.422 bits per heavy atom. The molecular formula is C57H102N6O25S2. The molecule has 31 nitrogen and oxygen atoms in total. The molecule has 0 aromatic rings. The molecule has 522 valence electrons. The van der Waals surface area contributed by atoms with Gasteiger partial charge in [-0.25, -0.2) is 28.8 Å². The fourth-order valence-electron chi connectivity index (χ4n) is 9.42. The number of carbonyl (C=O) groups excluding carboxylic acids is 6. The molecule has 1 aliphatic carbocycles. The van der Waals surface area contributed by atoms with Crippen LogP contribution in [0.25, 0.3) is 0 Å². The van der Waals surface area contributed by atoms with Gasteiger partial charge in [0, 0.05) is 30.3 Å². The van der Waals surface area contributed by atoms with Crippen molar-refractivity contribution in [2.45, 2.75) is 281 Å². The summed E-state index contributed by atoms with van der Waals surface area (Å²) in [4.78, 5) is 80.4. The Hall–Kier alpha value is -4.20. The van der Waals surface area contributed by atoms with Crippen molar-refractivity contribution in [3.05, 3.63) is 0 Å². The lowest BCUT2D eigenvalue weighted by Crippen LogP contribution is -2.70. The monoisotopic (exact) mass is 1330 g/mol. The molecule has 3 heterocycles. The van der Waals surface area contributed by atoms with Gasteiger partial charge in [-0.05, 0) is 131 Å². The van der Waals surface area contributed by atoms with Crippen molar-refractivity contribution in [2.75, 3.05) is 43.6 Å². The molecule has 4 fully saturated rings. The summed E-state index contributed by atoms with van der Waals surface area (Å²) in [5.41, 5.74) is -6.24. The van der Waals surface area contributed by atoms with E-state index >= 15 is 0 Å². The second kappa shape index (κ2) is 32.8. The van der Waals surface area contributed by atoms with E-state index in [1.807, 2.05) is 0 Å². The molecule has 33 heteroatoms. The van der Waals surface area contributed by atoms with Gasteiger partial charge < -0.3 is 124 Å². The zero-order valence-corrected chi connectivity index (χ0v) is 56.6. The van der Waals surface area contributed by atoms with Crippen LogP contribution in [0.4, 0.5) is 28.8 Å². The maximum Gasteiger partial charge on any atom is 0.408 e. The van der Waals surface area contributed by atoms with E-state index in [-0.39, 0.29) is 12.4 Å². The van der Waals surface area contributed by atoms with E-state index in [1.54, 1.807) is 125 Å². The number of aliphatic hydroxyl groups excluding tert-OH is 6. The minimum absolute atomic E-state index is 0.0107. The zero-order chi connectivity index (χ0) is 68.2. The maximum absolute atomic E-state index is 14.0. The summed E-state index contributed by atoms with van der Waals surface area (Å²) in [7, 11) is 0. The smallest absolute Gasteiger partial charge is 0.408 e. The lowest BCUT2D eigenvalue weighted by atomic mass is 9.83. The normalized spacial score (nSPS) is 31.9. The Labute approximate surface area is 536 Å². The third kappa shape index (κ3) is 26.3. The van der Waals surface area contributed by atoms with E-state index in [2.05, 4.69) is 44.5 Å². The second-order valence-corrected chi connectivity index (χ2v) is 29.7. The van der Waals surface area contributed by atoms with E-state index in [0.29, 0.717) is 18.1 Å². The van der Waals surface area contributed by atoms with Crippen LogP contribution in [0.2, 0.25) is 0 Å². The van der Waals surface area contributed by atoms with Crippen molar-refractivity contribution in [1.29, 1.82) is 0 Å². The van der Waals surface area contributed by atoms with Crippen molar-refractivity contribution in [2.24, 2.45) is 0 Å². The third-order valence-electron chi connectivity index (χ3n) is 12.9. The fourth-order valence-corrected chi connectivity index (χ4v) is 10.5. The van der Waals surface area contributed by atoms with Crippen LogP contribution in [0.15, 0.2) is 0 Å². The van der Waals surface area contributed by atoms with Gasteiger partial charge in [-0.1, -0.05) is 0 Å². The number of aliphatic hydroxyl groups is 6. The average molecular weight is 1340 g/mol. The van der Waals surface area contributed by atoms with Crippen molar-refractivity contribution in [1.82, 2.24) is 31.9 Å². The molecule has 3 saturated heterocycles. The van der Waals surface area contributed by atoms with Crippen LogP contribution in [-0.2, 0) is 61.6 Å². The first kappa shape index (κ1) is 78.2. The number of rotatable bonds is 21. The van der Waals surface area contributed by atoms with Gasteiger partial charge in [0.15, 0.2) is 18.9 Å². The Kier molecular flexibility index (Phi) is 28.5. The fraction of sp³-hybridized carbons (Fsp3) is 0.895. The lowest BCUT2D eigenvalue weighted by molar-refractivity contribution is -0.310. The van der Waals surface area contributed by atoms with Gasteiger partial charge in [0.1, 0.15) is 113 Å². The maximum atomic E-state index is 14.0. The largest absolute Gasteiger partial charge is 0.444 e. The standard InChI is InChI=1S/C57H102N6O25S2/c1-52(2,3)83-46(70)58-24-29-35(65)37(67)32(62-50(74)87-56(13,14)15)43(77-29)80-40-28(61-49(73)86-55(10,11)12)23-27(60-48(72)85-54(7,8)9)34(64)42(40)82-45-39(69)41(31(79-45)26-90-22-20-76-19-21-89)81-44-33(63-51(75)88-57(16,17)18)38(68)36(66)30(78-44)25-59-47(71)84-53(4,5)6/h27-45,64-69,89H,19-26H2,1-18H3,(H,58,70)(H,59,71)(H,60,72)(H,61,73)(H,62,74)(H,63,75). The summed E-state index contributed by atoms with van der Waals surface area (Å²) >= 11 is 5.48. The van der Waals surface area contributed by atoms with Gasteiger partial charge in [-0.2, -0.15) is 24.4 Å². The van der Waals surface area contributed by atoms with Crippen molar-refractivity contribution in [3.8, 4) is 0 Å². The Morgan fingerprint density at radius 3 is 1.18 bits per heavy atom. The Morgan fingerprint density at radius 2 is 0.778 bits per heavy atom. The van der Waals surface area contributed by atoms with Gasteiger partial charge in [-0.3, -0.25) is 0 Å². The molecule has 12 N–H and O–H groups in total. The topological polar surface area (TPSA) is 416 Å².